The maximum Gasteiger partial charge on any atom is 0.263 e. The molecule has 0 bridgehead atoms. The van der Waals surface area contributed by atoms with Crippen LogP contribution in [0.4, 0.5) is 5.82 Å². The zero-order valence-electron chi connectivity index (χ0n) is 16.6. The summed E-state index contributed by atoms with van der Waals surface area (Å²) in [4.78, 5) is 17.1. The molecule has 0 spiro atoms. The second-order valence-corrected chi connectivity index (χ2v) is 6.89. The average molecular weight is 397 g/mol. The first-order valence-electron chi connectivity index (χ1n) is 9.39. The fourth-order valence-corrected chi connectivity index (χ4v) is 3.12. The highest BCUT2D eigenvalue weighted by atomic mass is 16.5. The van der Waals surface area contributed by atoms with Crippen LogP contribution < -0.4 is 10.1 Å². The van der Waals surface area contributed by atoms with Crippen molar-refractivity contribution in [1.82, 2.24) is 14.8 Å². The topological polar surface area (TPSA) is 92.8 Å². The molecule has 4 aromatic rings. The van der Waals surface area contributed by atoms with Crippen LogP contribution in [0.25, 0.3) is 16.7 Å². The van der Waals surface area contributed by atoms with Gasteiger partial charge in [-0.1, -0.05) is 35.9 Å². The Labute approximate surface area is 173 Å². The number of hydrogen-bond acceptors (Lipinski definition) is 5. The molecule has 2 heterocycles. The summed E-state index contributed by atoms with van der Waals surface area (Å²) in [6.45, 7) is 3.77. The lowest BCUT2D eigenvalue weighted by Crippen LogP contribution is -2.22. The van der Waals surface area contributed by atoms with E-state index in [1.54, 1.807) is 12.1 Å². The fourth-order valence-electron chi connectivity index (χ4n) is 3.12. The maximum absolute atomic E-state index is 12.5. The predicted octanol–water partition coefficient (Wildman–Crippen LogP) is 3.93. The lowest BCUT2D eigenvalue weighted by Gasteiger charge is -2.11. The number of benzene rings is 2. The Morgan fingerprint density at radius 1 is 1.17 bits per heavy atom. The third kappa shape index (κ3) is 3.84. The summed E-state index contributed by atoms with van der Waals surface area (Å²) in [5.41, 5.74) is 3.17. The summed E-state index contributed by atoms with van der Waals surface area (Å²) in [5, 5.41) is 17.5. The highest BCUT2D eigenvalue weighted by Gasteiger charge is 2.17. The van der Waals surface area contributed by atoms with E-state index < -0.39 is 5.91 Å². The number of nitrogens with one attached hydrogen (secondary N) is 1. The minimum absolute atomic E-state index is 0.191. The highest BCUT2D eigenvalue weighted by molar-refractivity contribution is 5.92. The van der Waals surface area contributed by atoms with Crippen LogP contribution in [0.3, 0.4) is 0 Å². The van der Waals surface area contributed by atoms with Crippen LogP contribution in [0.2, 0.25) is 0 Å². The van der Waals surface area contributed by atoms with Gasteiger partial charge in [0.05, 0.1) is 11.7 Å². The molecule has 0 aliphatic rings. The van der Waals surface area contributed by atoms with Gasteiger partial charge in [-0.05, 0) is 43.7 Å². The minimum atomic E-state index is -0.397. The van der Waals surface area contributed by atoms with Crippen molar-refractivity contribution in [2.24, 2.45) is 0 Å². The lowest BCUT2D eigenvalue weighted by molar-refractivity contribution is -0.118. The summed E-state index contributed by atoms with van der Waals surface area (Å²) in [6, 6.07) is 19.1. The molecule has 0 saturated heterocycles. The van der Waals surface area contributed by atoms with Crippen LogP contribution in [0, 0.1) is 25.2 Å². The van der Waals surface area contributed by atoms with Gasteiger partial charge in [-0.25, -0.2) is 4.98 Å². The molecule has 2 aromatic heterocycles. The van der Waals surface area contributed by atoms with Gasteiger partial charge in [0.2, 0.25) is 0 Å². The molecule has 0 atom stereocenters. The summed E-state index contributed by atoms with van der Waals surface area (Å²) in [7, 11) is 0. The molecule has 4 rings (SSSR count). The van der Waals surface area contributed by atoms with Gasteiger partial charge in [0, 0.05) is 5.39 Å². The molecule has 7 heteroatoms. The van der Waals surface area contributed by atoms with Crippen LogP contribution in [0.1, 0.15) is 16.7 Å². The SMILES string of the molecule is Cc1ccc(OCC(=O)Nc2c(C#N)cnn2-c2cc(C)c3ccccc3n2)cc1. The number of amides is 1. The van der Waals surface area contributed by atoms with E-state index in [-0.39, 0.29) is 18.0 Å². The standard InChI is InChI=1S/C23H19N5O2/c1-15-7-9-18(10-8-15)30-14-22(29)27-23-17(12-24)13-25-28(23)21-11-16(2)19-5-3-4-6-20(19)26-21/h3-11,13H,14H2,1-2H3,(H,27,29). The number of ether oxygens (including phenoxy) is 1. The van der Waals surface area contributed by atoms with E-state index in [9.17, 15) is 10.1 Å². The van der Waals surface area contributed by atoms with Crippen LogP contribution in [0.15, 0.2) is 60.8 Å². The molecule has 0 fully saturated rings. The van der Waals surface area contributed by atoms with Gasteiger partial charge in [-0.3, -0.25) is 4.79 Å². The average Bonchev–Trinajstić information content (AvgIpc) is 3.16. The largest absolute Gasteiger partial charge is 0.484 e. The van der Waals surface area contributed by atoms with Crippen LogP contribution in [-0.4, -0.2) is 27.3 Å². The lowest BCUT2D eigenvalue weighted by atomic mass is 10.1. The number of carbonyl (C=O) groups is 1. The van der Waals surface area contributed by atoms with Gasteiger partial charge in [-0.2, -0.15) is 15.0 Å². The molecule has 0 aliphatic heterocycles. The summed E-state index contributed by atoms with van der Waals surface area (Å²) in [5.74, 6) is 0.975. The van der Waals surface area contributed by atoms with E-state index in [1.807, 2.05) is 56.3 Å². The molecule has 30 heavy (non-hydrogen) atoms. The molecule has 0 unspecified atom stereocenters. The second-order valence-electron chi connectivity index (χ2n) is 6.89. The number of fused-ring (bicyclic) bond motifs is 1. The van der Waals surface area contributed by atoms with Crippen LogP contribution >= 0.6 is 0 Å². The predicted molar refractivity (Wildman–Crippen MR) is 114 cm³/mol. The number of anilines is 1. The fraction of sp³-hybridized carbons (Fsp3) is 0.130. The molecule has 1 amide bonds. The smallest absolute Gasteiger partial charge is 0.263 e. The summed E-state index contributed by atoms with van der Waals surface area (Å²) < 4.78 is 6.99. The van der Waals surface area contributed by atoms with Crippen molar-refractivity contribution in [3.63, 3.8) is 0 Å². The van der Waals surface area contributed by atoms with Crippen molar-refractivity contribution < 1.29 is 9.53 Å². The number of rotatable bonds is 5. The van der Waals surface area contributed by atoms with Gasteiger partial charge in [0.25, 0.3) is 5.91 Å². The van der Waals surface area contributed by atoms with Crippen molar-refractivity contribution in [3.8, 4) is 17.6 Å². The Kier molecular flexibility index (Phi) is 5.14. The summed E-state index contributed by atoms with van der Waals surface area (Å²) >= 11 is 0. The number of hydrogen-bond donors (Lipinski definition) is 1. The number of aryl methyl sites for hydroxylation is 2. The Bertz CT molecular complexity index is 1270. The van der Waals surface area contributed by atoms with E-state index in [0.717, 1.165) is 22.0 Å². The number of pyridine rings is 1. The molecule has 1 N–H and O–H groups in total. The van der Waals surface area contributed by atoms with Gasteiger partial charge in [-0.15, -0.1) is 0 Å². The Morgan fingerprint density at radius 2 is 1.93 bits per heavy atom. The zero-order chi connectivity index (χ0) is 21.1. The summed E-state index contributed by atoms with van der Waals surface area (Å²) in [6.07, 6.45) is 1.41. The normalized spacial score (nSPS) is 10.6. The second kappa shape index (κ2) is 8.05. The molecule has 7 nitrogen and oxygen atoms in total. The Balaban J connectivity index is 1.60. The van der Waals surface area contributed by atoms with Crippen molar-refractivity contribution in [2.75, 3.05) is 11.9 Å². The van der Waals surface area contributed by atoms with Gasteiger partial charge in [0.15, 0.2) is 18.2 Å². The van der Waals surface area contributed by atoms with E-state index in [2.05, 4.69) is 21.5 Å². The van der Waals surface area contributed by atoms with E-state index >= 15 is 0 Å². The molecular formula is C23H19N5O2. The molecule has 0 radical (unpaired) electrons. The van der Waals surface area contributed by atoms with Crippen LogP contribution in [-0.2, 0) is 4.79 Å². The first-order chi connectivity index (χ1) is 14.5. The zero-order valence-corrected chi connectivity index (χ0v) is 16.6. The van der Waals surface area contributed by atoms with Gasteiger partial charge >= 0.3 is 0 Å². The number of aromatic nitrogens is 3. The first kappa shape index (κ1) is 19.2. The van der Waals surface area contributed by atoms with E-state index in [0.29, 0.717) is 11.6 Å². The molecule has 0 saturated carbocycles. The Hall–Kier alpha value is -4.18. The third-order valence-electron chi connectivity index (χ3n) is 4.66. The number of nitriles is 1. The quantitative estimate of drug-likeness (QED) is 0.551. The molecule has 148 valence electrons. The minimum Gasteiger partial charge on any atom is -0.484 e. The van der Waals surface area contributed by atoms with Crippen molar-refractivity contribution in [2.45, 2.75) is 13.8 Å². The highest BCUT2D eigenvalue weighted by Crippen LogP contribution is 2.23. The van der Waals surface area contributed by atoms with E-state index in [1.165, 1.54) is 10.9 Å². The molecule has 0 aliphatic carbocycles. The van der Waals surface area contributed by atoms with Crippen molar-refractivity contribution >= 4 is 22.6 Å². The monoisotopic (exact) mass is 397 g/mol. The van der Waals surface area contributed by atoms with Gasteiger partial charge in [0.1, 0.15) is 17.4 Å². The molecular weight excluding hydrogens is 378 g/mol. The first-order valence-corrected chi connectivity index (χ1v) is 9.39. The third-order valence-corrected chi connectivity index (χ3v) is 4.66. The van der Waals surface area contributed by atoms with Crippen molar-refractivity contribution in [3.05, 3.63) is 77.5 Å². The van der Waals surface area contributed by atoms with E-state index in [4.69, 9.17) is 4.74 Å². The number of para-hydroxylation sites is 1. The maximum atomic E-state index is 12.5. The van der Waals surface area contributed by atoms with Gasteiger partial charge < -0.3 is 10.1 Å². The van der Waals surface area contributed by atoms with Crippen LogP contribution in [0.5, 0.6) is 5.75 Å². The number of carbonyl (C=O) groups excluding carboxylic acids is 1. The molecule has 2 aromatic carbocycles. The Morgan fingerprint density at radius 3 is 2.70 bits per heavy atom. The van der Waals surface area contributed by atoms with Crippen molar-refractivity contribution in [1.29, 1.82) is 5.26 Å². The number of nitrogens with zero attached hydrogens (tertiary/aromatic N) is 4.